The van der Waals surface area contributed by atoms with E-state index in [-0.39, 0.29) is 18.6 Å². The normalized spacial score (nSPS) is 16.2. The van der Waals surface area contributed by atoms with Gasteiger partial charge in [-0.15, -0.1) is 0 Å². The van der Waals surface area contributed by atoms with E-state index in [0.717, 1.165) is 11.2 Å². The summed E-state index contributed by atoms with van der Waals surface area (Å²) in [5.41, 5.74) is 0.603. The summed E-state index contributed by atoms with van der Waals surface area (Å²) < 4.78 is 11.9. The Labute approximate surface area is 210 Å². The maximum Gasteiger partial charge on any atom is 0.496 e. The van der Waals surface area contributed by atoms with E-state index in [2.05, 4.69) is 22.1 Å². The van der Waals surface area contributed by atoms with Crippen LogP contribution in [0.2, 0.25) is 0 Å². The van der Waals surface area contributed by atoms with Gasteiger partial charge in [0.05, 0.1) is 45.6 Å². The zero-order valence-electron chi connectivity index (χ0n) is 21.1. The fourth-order valence-electron chi connectivity index (χ4n) is 2.94. The standard InChI is InChI=1S/C15H21BN2O2.C9H11BN2O2.CH4/c1-13(2,10-17)12-8-7-11(9-18-12)16-19-14(3,4)15(5,6)20-16;1-9(2,6-11)8-4-3-7(5-12-8)10(13)14;/h7-9H,1-6H3;3-5,13-14H,1-2H3;1H4. The summed E-state index contributed by atoms with van der Waals surface area (Å²) in [7, 11) is -1.92. The number of hydrogen-bond donors (Lipinski definition) is 2. The lowest BCUT2D eigenvalue weighted by atomic mass is 9.79. The average molecular weight is 478 g/mol. The van der Waals surface area contributed by atoms with Crippen LogP contribution in [0.4, 0.5) is 0 Å². The first-order valence-electron chi connectivity index (χ1n) is 11.0. The minimum Gasteiger partial charge on any atom is -0.423 e. The molecule has 2 aromatic rings. The fraction of sp³-hybridized carbons (Fsp3) is 0.520. The van der Waals surface area contributed by atoms with E-state index in [1.165, 1.54) is 6.20 Å². The third kappa shape index (κ3) is 6.90. The molecular formula is C25H36B2N4O4. The van der Waals surface area contributed by atoms with Crippen LogP contribution in [-0.4, -0.2) is 45.5 Å². The molecule has 1 saturated heterocycles. The van der Waals surface area contributed by atoms with Crippen molar-refractivity contribution >= 4 is 25.2 Å². The molecule has 0 amide bonds. The number of aromatic nitrogens is 2. The van der Waals surface area contributed by atoms with Crippen molar-refractivity contribution in [3.05, 3.63) is 48.0 Å². The summed E-state index contributed by atoms with van der Waals surface area (Å²) in [5.74, 6) is 0. The van der Waals surface area contributed by atoms with E-state index in [4.69, 9.17) is 29.9 Å². The van der Waals surface area contributed by atoms with Crippen LogP contribution in [0, 0.1) is 22.7 Å². The van der Waals surface area contributed by atoms with E-state index in [1.54, 1.807) is 32.2 Å². The van der Waals surface area contributed by atoms with Crippen molar-refractivity contribution < 1.29 is 19.4 Å². The van der Waals surface area contributed by atoms with Gasteiger partial charge in [0.1, 0.15) is 0 Å². The second kappa shape index (κ2) is 10.9. The predicted molar refractivity (Wildman–Crippen MR) is 138 cm³/mol. The molecule has 0 unspecified atom stereocenters. The van der Waals surface area contributed by atoms with E-state index in [0.29, 0.717) is 11.2 Å². The second-order valence-electron chi connectivity index (χ2n) is 10.4. The average Bonchev–Trinajstić information content (AvgIpc) is 3.01. The van der Waals surface area contributed by atoms with E-state index in [1.807, 2.05) is 53.7 Å². The van der Waals surface area contributed by atoms with Crippen LogP contribution in [0.5, 0.6) is 0 Å². The summed E-state index contributed by atoms with van der Waals surface area (Å²) in [6, 6.07) is 11.3. The molecule has 0 aromatic carbocycles. The molecule has 0 atom stereocenters. The van der Waals surface area contributed by atoms with Crippen LogP contribution >= 0.6 is 0 Å². The predicted octanol–water partition coefficient (Wildman–Crippen LogP) is 2.38. The van der Waals surface area contributed by atoms with Crippen LogP contribution in [-0.2, 0) is 20.1 Å². The van der Waals surface area contributed by atoms with Gasteiger partial charge in [0.25, 0.3) is 0 Å². The van der Waals surface area contributed by atoms with Crippen molar-refractivity contribution in [3.63, 3.8) is 0 Å². The smallest absolute Gasteiger partial charge is 0.423 e. The molecule has 8 nitrogen and oxygen atoms in total. The molecule has 10 heteroatoms. The van der Waals surface area contributed by atoms with Gasteiger partial charge in [-0.05, 0) is 67.5 Å². The number of rotatable bonds is 4. The van der Waals surface area contributed by atoms with Crippen molar-refractivity contribution in [1.82, 2.24) is 9.97 Å². The van der Waals surface area contributed by atoms with Crippen molar-refractivity contribution in [1.29, 1.82) is 10.5 Å². The number of nitrogens with zero attached hydrogens (tertiary/aromatic N) is 4. The lowest BCUT2D eigenvalue weighted by molar-refractivity contribution is 0.00578. The molecule has 2 N–H and O–H groups in total. The van der Waals surface area contributed by atoms with Crippen LogP contribution in [0.3, 0.4) is 0 Å². The van der Waals surface area contributed by atoms with Gasteiger partial charge < -0.3 is 19.4 Å². The van der Waals surface area contributed by atoms with Crippen LogP contribution in [0.15, 0.2) is 36.7 Å². The Bertz CT molecular complexity index is 1050. The zero-order chi connectivity index (χ0) is 25.9. The topological polar surface area (TPSA) is 132 Å². The molecular weight excluding hydrogens is 442 g/mol. The van der Waals surface area contributed by atoms with Gasteiger partial charge in [0.2, 0.25) is 0 Å². The molecule has 0 radical (unpaired) electrons. The van der Waals surface area contributed by atoms with Gasteiger partial charge in [0, 0.05) is 23.3 Å². The highest BCUT2D eigenvalue weighted by Crippen LogP contribution is 2.36. The Balaban J connectivity index is 0.000000362. The van der Waals surface area contributed by atoms with Gasteiger partial charge in [-0.2, -0.15) is 10.5 Å². The molecule has 35 heavy (non-hydrogen) atoms. The van der Waals surface area contributed by atoms with Crippen molar-refractivity contribution in [2.24, 2.45) is 0 Å². The molecule has 186 valence electrons. The minimum atomic E-state index is -1.51. The van der Waals surface area contributed by atoms with Gasteiger partial charge in [-0.3, -0.25) is 9.97 Å². The summed E-state index contributed by atoms with van der Waals surface area (Å²) >= 11 is 0. The first-order chi connectivity index (χ1) is 15.6. The molecule has 0 saturated carbocycles. The molecule has 1 fully saturated rings. The summed E-state index contributed by atoms with van der Waals surface area (Å²) in [6.07, 6.45) is 3.09. The zero-order valence-corrected chi connectivity index (χ0v) is 21.1. The Morgan fingerprint density at radius 1 is 0.829 bits per heavy atom. The molecule has 3 heterocycles. The molecule has 0 aliphatic carbocycles. The molecule has 2 aromatic heterocycles. The SMILES string of the molecule is C.CC(C)(C#N)c1ccc(B(O)O)cn1.CC(C)(C#N)c1ccc(B2OC(C)(C)C(C)(C)O2)cn1. The maximum absolute atomic E-state index is 9.13. The number of hydrogen-bond acceptors (Lipinski definition) is 8. The van der Waals surface area contributed by atoms with Crippen LogP contribution < -0.4 is 10.9 Å². The first kappa shape index (κ1) is 30.3. The Morgan fingerprint density at radius 2 is 1.26 bits per heavy atom. The highest BCUT2D eigenvalue weighted by Gasteiger charge is 2.51. The lowest BCUT2D eigenvalue weighted by Crippen LogP contribution is -2.41. The maximum atomic E-state index is 9.13. The van der Waals surface area contributed by atoms with Gasteiger partial charge in [-0.25, -0.2) is 0 Å². The third-order valence-corrected chi connectivity index (χ3v) is 6.24. The molecule has 1 aliphatic rings. The van der Waals surface area contributed by atoms with Crippen LogP contribution in [0.25, 0.3) is 0 Å². The molecule has 3 rings (SSSR count). The van der Waals surface area contributed by atoms with E-state index >= 15 is 0 Å². The Hall–Kier alpha value is -2.75. The fourth-order valence-corrected chi connectivity index (χ4v) is 2.94. The molecule has 1 aliphatic heterocycles. The summed E-state index contributed by atoms with van der Waals surface area (Å²) in [4.78, 5) is 8.38. The third-order valence-electron chi connectivity index (χ3n) is 6.24. The second-order valence-corrected chi connectivity index (χ2v) is 10.4. The molecule has 0 spiro atoms. The number of nitriles is 2. The van der Waals surface area contributed by atoms with Crippen molar-refractivity contribution in [3.8, 4) is 12.1 Å². The van der Waals surface area contributed by atoms with E-state index < -0.39 is 25.1 Å². The lowest BCUT2D eigenvalue weighted by Gasteiger charge is -2.32. The van der Waals surface area contributed by atoms with Crippen LogP contribution in [0.1, 0.15) is 74.2 Å². The minimum absolute atomic E-state index is 0. The quantitative estimate of drug-likeness (QED) is 0.641. The van der Waals surface area contributed by atoms with E-state index in [9.17, 15) is 0 Å². The van der Waals surface area contributed by atoms with Gasteiger partial charge in [-0.1, -0.05) is 19.6 Å². The Kier molecular flexibility index (Phi) is 9.42. The largest absolute Gasteiger partial charge is 0.496 e. The van der Waals surface area contributed by atoms with Crippen molar-refractivity contribution in [2.45, 2.75) is 84.8 Å². The number of pyridine rings is 2. The highest BCUT2D eigenvalue weighted by atomic mass is 16.7. The summed E-state index contributed by atoms with van der Waals surface area (Å²) in [6.45, 7) is 15.3. The molecule has 0 bridgehead atoms. The monoisotopic (exact) mass is 478 g/mol. The van der Waals surface area contributed by atoms with Gasteiger partial charge >= 0.3 is 14.2 Å². The van der Waals surface area contributed by atoms with Gasteiger partial charge in [0.15, 0.2) is 0 Å². The van der Waals surface area contributed by atoms with Crippen molar-refractivity contribution in [2.75, 3.05) is 0 Å². The Morgan fingerprint density at radius 3 is 1.57 bits per heavy atom. The summed E-state index contributed by atoms with van der Waals surface area (Å²) in [5, 5.41) is 35.6. The highest BCUT2D eigenvalue weighted by molar-refractivity contribution is 6.62. The first-order valence-corrected chi connectivity index (χ1v) is 11.0.